The highest BCUT2D eigenvalue weighted by molar-refractivity contribution is 7.89. The van der Waals surface area contributed by atoms with Gasteiger partial charge in [-0.3, -0.25) is 4.79 Å². The van der Waals surface area contributed by atoms with E-state index in [2.05, 4.69) is 0 Å². The smallest absolute Gasteiger partial charge is 0.371 e. The van der Waals surface area contributed by atoms with Crippen LogP contribution in [-0.4, -0.2) is 61.3 Å². The molecule has 1 aliphatic heterocycles. The van der Waals surface area contributed by atoms with Gasteiger partial charge in [-0.15, -0.1) is 0 Å². The summed E-state index contributed by atoms with van der Waals surface area (Å²) in [5, 5.41) is 8.49. The Morgan fingerprint density at radius 2 is 1.88 bits per heavy atom. The minimum atomic E-state index is -3.88. The molecule has 0 aromatic carbocycles. The summed E-state index contributed by atoms with van der Waals surface area (Å²) in [6, 6.07) is 2.28. The van der Waals surface area contributed by atoms with Crippen molar-refractivity contribution in [2.24, 2.45) is 11.8 Å². The molecule has 8 nitrogen and oxygen atoms in total. The first kappa shape index (κ1) is 18.9. The second-order valence-electron chi connectivity index (χ2n) is 7.09. The van der Waals surface area contributed by atoms with Crippen LogP contribution >= 0.6 is 0 Å². The van der Waals surface area contributed by atoms with E-state index >= 15 is 0 Å². The second-order valence-corrected chi connectivity index (χ2v) is 8.96. The lowest BCUT2D eigenvalue weighted by Gasteiger charge is -2.32. The van der Waals surface area contributed by atoms with Gasteiger partial charge < -0.3 is 14.4 Å². The van der Waals surface area contributed by atoms with Crippen LogP contribution in [0.4, 0.5) is 0 Å². The van der Waals surface area contributed by atoms with Crippen LogP contribution in [0.1, 0.15) is 42.7 Å². The summed E-state index contributed by atoms with van der Waals surface area (Å²) < 4.78 is 31.3. The first-order valence-corrected chi connectivity index (χ1v) is 10.3. The van der Waals surface area contributed by atoms with E-state index in [1.165, 1.54) is 17.1 Å². The SMILES string of the molecule is CN(CCC1CC1)C(=O)C1CCN(S(=O)(=O)c2ccc(C(=O)O)o2)CC1. The third kappa shape index (κ3) is 4.09. The molecule has 1 saturated carbocycles. The van der Waals surface area contributed by atoms with Gasteiger partial charge in [-0.1, -0.05) is 12.8 Å². The Bertz CT molecular complexity index is 775. The Morgan fingerprint density at radius 3 is 2.42 bits per heavy atom. The average molecular weight is 384 g/mol. The third-order valence-electron chi connectivity index (χ3n) is 5.14. The summed E-state index contributed by atoms with van der Waals surface area (Å²) in [5.74, 6) is -1.05. The Hall–Kier alpha value is -1.87. The molecular formula is C17H24N2O6S. The molecule has 0 unspecified atom stereocenters. The van der Waals surface area contributed by atoms with E-state index in [1.54, 1.807) is 4.90 Å². The number of carboxylic acids is 1. The summed E-state index contributed by atoms with van der Waals surface area (Å²) in [5.41, 5.74) is 0. The maximum Gasteiger partial charge on any atom is 0.371 e. The van der Waals surface area contributed by atoms with Crippen molar-refractivity contribution in [2.45, 2.75) is 37.2 Å². The molecule has 0 bridgehead atoms. The third-order valence-corrected chi connectivity index (χ3v) is 6.91. The predicted octanol–water partition coefficient (Wildman–Crippen LogP) is 1.64. The molecule has 9 heteroatoms. The number of piperidine rings is 1. The van der Waals surface area contributed by atoms with Gasteiger partial charge in [-0.25, -0.2) is 13.2 Å². The van der Waals surface area contributed by atoms with E-state index in [0.29, 0.717) is 12.8 Å². The molecule has 0 spiro atoms. The molecule has 2 aliphatic rings. The summed E-state index contributed by atoms with van der Waals surface area (Å²) in [7, 11) is -2.07. The van der Waals surface area contributed by atoms with Gasteiger partial charge in [-0.05, 0) is 37.3 Å². The minimum Gasteiger partial charge on any atom is -0.475 e. The molecule has 26 heavy (non-hydrogen) atoms. The summed E-state index contributed by atoms with van der Waals surface area (Å²) in [6.07, 6.45) is 4.47. The predicted molar refractivity (Wildman–Crippen MR) is 92.1 cm³/mol. The average Bonchev–Trinajstić information content (AvgIpc) is 3.31. The zero-order valence-corrected chi connectivity index (χ0v) is 15.6. The van der Waals surface area contributed by atoms with Gasteiger partial charge in [-0.2, -0.15) is 4.31 Å². The summed E-state index contributed by atoms with van der Waals surface area (Å²) in [4.78, 5) is 25.1. The number of carboxylic acid groups (broad SMARTS) is 1. The van der Waals surface area contributed by atoms with Crippen molar-refractivity contribution in [1.29, 1.82) is 0 Å². The highest BCUT2D eigenvalue weighted by Crippen LogP contribution is 2.32. The van der Waals surface area contributed by atoms with Crippen LogP contribution in [-0.2, 0) is 14.8 Å². The molecule has 1 aromatic rings. The van der Waals surface area contributed by atoms with Crippen molar-refractivity contribution in [3.05, 3.63) is 17.9 Å². The minimum absolute atomic E-state index is 0.0776. The maximum atomic E-state index is 12.6. The largest absolute Gasteiger partial charge is 0.475 e. The number of carbonyl (C=O) groups is 2. The summed E-state index contributed by atoms with van der Waals surface area (Å²) >= 11 is 0. The highest BCUT2D eigenvalue weighted by Gasteiger charge is 2.35. The zero-order chi connectivity index (χ0) is 18.9. The van der Waals surface area contributed by atoms with Crippen molar-refractivity contribution in [3.8, 4) is 0 Å². The maximum absolute atomic E-state index is 12.6. The molecule has 1 saturated heterocycles. The van der Waals surface area contributed by atoms with E-state index in [9.17, 15) is 18.0 Å². The van der Waals surface area contributed by atoms with Gasteiger partial charge in [0.05, 0.1) is 0 Å². The normalized spacial score (nSPS) is 19.4. The molecule has 0 atom stereocenters. The molecule has 1 aliphatic carbocycles. The fraction of sp³-hybridized carbons (Fsp3) is 0.647. The summed E-state index contributed by atoms with van der Waals surface area (Å²) in [6.45, 7) is 1.20. The molecule has 1 aromatic heterocycles. The number of hydrogen-bond acceptors (Lipinski definition) is 5. The van der Waals surface area contributed by atoms with Crippen LogP contribution in [0.2, 0.25) is 0 Å². The van der Waals surface area contributed by atoms with E-state index in [1.807, 2.05) is 7.05 Å². The molecule has 144 valence electrons. The van der Waals surface area contributed by atoms with Crippen molar-refractivity contribution in [2.75, 3.05) is 26.7 Å². The number of hydrogen-bond donors (Lipinski definition) is 1. The molecule has 2 fully saturated rings. The van der Waals surface area contributed by atoms with Gasteiger partial charge in [0, 0.05) is 32.6 Å². The lowest BCUT2D eigenvalue weighted by Crippen LogP contribution is -2.43. The molecule has 2 heterocycles. The highest BCUT2D eigenvalue weighted by atomic mass is 32.2. The molecule has 3 rings (SSSR count). The Labute approximate surface area is 152 Å². The number of aromatic carboxylic acids is 1. The van der Waals surface area contributed by atoms with Gasteiger partial charge >= 0.3 is 5.97 Å². The first-order chi connectivity index (χ1) is 12.3. The van der Waals surface area contributed by atoms with E-state index in [4.69, 9.17) is 9.52 Å². The Kier molecular flexibility index (Phi) is 5.38. The standard InChI is InChI=1S/C17H24N2O6S/c1-18(9-6-12-2-3-12)16(20)13-7-10-19(11-8-13)26(23,24)15-5-4-14(25-15)17(21)22/h4-5,12-13H,2-3,6-11H2,1H3,(H,21,22). The number of furan rings is 1. The topological polar surface area (TPSA) is 108 Å². The van der Waals surface area contributed by atoms with E-state index < -0.39 is 21.8 Å². The number of rotatable bonds is 7. The Balaban J connectivity index is 1.56. The van der Waals surface area contributed by atoms with E-state index in [-0.39, 0.29) is 30.0 Å². The lowest BCUT2D eigenvalue weighted by molar-refractivity contribution is -0.135. The van der Waals surface area contributed by atoms with Gasteiger partial charge in [0.15, 0.2) is 0 Å². The van der Waals surface area contributed by atoms with Crippen molar-refractivity contribution in [3.63, 3.8) is 0 Å². The van der Waals surface area contributed by atoms with Gasteiger partial charge in [0.25, 0.3) is 10.0 Å². The van der Waals surface area contributed by atoms with E-state index in [0.717, 1.165) is 31.0 Å². The molecule has 1 amide bonds. The van der Waals surface area contributed by atoms with Gasteiger partial charge in [0.1, 0.15) is 0 Å². The molecule has 0 radical (unpaired) electrons. The van der Waals surface area contributed by atoms with Crippen LogP contribution in [0.25, 0.3) is 0 Å². The van der Waals surface area contributed by atoms with Crippen molar-refractivity contribution < 1.29 is 27.5 Å². The van der Waals surface area contributed by atoms with Crippen LogP contribution < -0.4 is 0 Å². The number of sulfonamides is 1. The second kappa shape index (κ2) is 7.40. The van der Waals surface area contributed by atoms with Crippen molar-refractivity contribution >= 4 is 21.9 Å². The Morgan fingerprint density at radius 1 is 1.23 bits per heavy atom. The van der Waals surface area contributed by atoms with Crippen molar-refractivity contribution in [1.82, 2.24) is 9.21 Å². The van der Waals surface area contributed by atoms with Crippen LogP contribution in [0.5, 0.6) is 0 Å². The zero-order valence-electron chi connectivity index (χ0n) is 14.8. The number of carbonyl (C=O) groups excluding carboxylic acids is 1. The molecule has 1 N–H and O–H groups in total. The fourth-order valence-electron chi connectivity index (χ4n) is 3.25. The van der Waals surface area contributed by atoms with Gasteiger partial charge in [0.2, 0.25) is 16.8 Å². The monoisotopic (exact) mass is 384 g/mol. The number of amides is 1. The van der Waals surface area contributed by atoms with Crippen LogP contribution in [0.15, 0.2) is 21.6 Å². The van der Waals surface area contributed by atoms with Crippen LogP contribution in [0.3, 0.4) is 0 Å². The van der Waals surface area contributed by atoms with Crippen LogP contribution in [0, 0.1) is 11.8 Å². The quantitative estimate of drug-likeness (QED) is 0.765. The fourth-order valence-corrected chi connectivity index (χ4v) is 4.63. The molecular weight excluding hydrogens is 360 g/mol. The first-order valence-electron chi connectivity index (χ1n) is 8.87. The number of nitrogens with zero attached hydrogens (tertiary/aromatic N) is 2. The lowest BCUT2D eigenvalue weighted by atomic mass is 9.96.